The molecular formula is C11H26N2O. The van der Waals surface area contributed by atoms with E-state index in [4.69, 9.17) is 5.11 Å². The third kappa shape index (κ3) is 7.30. The van der Waals surface area contributed by atoms with Crippen LogP contribution >= 0.6 is 0 Å². The van der Waals surface area contributed by atoms with Crippen LogP contribution in [0, 0.1) is 0 Å². The van der Waals surface area contributed by atoms with Crippen molar-refractivity contribution in [1.82, 2.24) is 10.2 Å². The van der Waals surface area contributed by atoms with Gasteiger partial charge in [0.2, 0.25) is 0 Å². The molecule has 3 heteroatoms. The number of nitrogens with one attached hydrogen (secondary N) is 1. The fourth-order valence-corrected chi connectivity index (χ4v) is 1.57. The Morgan fingerprint density at radius 3 is 2.43 bits per heavy atom. The topological polar surface area (TPSA) is 35.5 Å². The summed E-state index contributed by atoms with van der Waals surface area (Å²) >= 11 is 0. The number of nitrogens with zero attached hydrogens (tertiary/aromatic N) is 1. The summed E-state index contributed by atoms with van der Waals surface area (Å²) < 4.78 is 0. The van der Waals surface area contributed by atoms with Crippen molar-refractivity contribution in [2.75, 3.05) is 32.8 Å². The van der Waals surface area contributed by atoms with E-state index in [0.717, 1.165) is 13.1 Å². The van der Waals surface area contributed by atoms with Crippen LogP contribution in [0.2, 0.25) is 0 Å². The Hall–Kier alpha value is -0.120. The quantitative estimate of drug-likeness (QED) is 0.587. The summed E-state index contributed by atoms with van der Waals surface area (Å²) in [6, 6.07) is 0.526. The lowest BCUT2D eigenvalue weighted by molar-refractivity contribution is 0.273. The molecule has 0 aliphatic carbocycles. The zero-order valence-electron chi connectivity index (χ0n) is 9.92. The normalized spacial score (nSPS) is 13.5. The molecule has 14 heavy (non-hydrogen) atoms. The summed E-state index contributed by atoms with van der Waals surface area (Å²) in [7, 11) is 0. The van der Waals surface area contributed by atoms with Gasteiger partial charge in [0.15, 0.2) is 0 Å². The van der Waals surface area contributed by atoms with E-state index in [0.29, 0.717) is 12.6 Å². The van der Waals surface area contributed by atoms with E-state index in [9.17, 15) is 0 Å². The van der Waals surface area contributed by atoms with Gasteiger partial charge in [0.25, 0.3) is 0 Å². The Kier molecular flexibility index (Phi) is 9.35. The summed E-state index contributed by atoms with van der Waals surface area (Å²) in [5.74, 6) is 0. The van der Waals surface area contributed by atoms with Gasteiger partial charge in [0.1, 0.15) is 0 Å². The average molecular weight is 202 g/mol. The van der Waals surface area contributed by atoms with Crippen LogP contribution in [0.3, 0.4) is 0 Å². The monoisotopic (exact) mass is 202 g/mol. The van der Waals surface area contributed by atoms with E-state index >= 15 is 0 Å². The third-order valence-corrected chi connectivity index (χ3v) is 2.61. The lowest BCUT2D eigenvalue weighted by Crippen LogP contribution is -2.30. The Balaban J connectivity index is 3.33. The maximum Gasteiger partial charge on any atom is 0.0556 e. The smallest absolute Gasteiger partial charge is 0.0556 e. The first-order valence-electron chi connectivity index (χ1n) is 5.81. The van der Waals surface area contributed by atoms with E-state index in [1.807, 2.05) is 0 Å². The van der Waals surface area contributed by atoms with Crippen LogP contribution < -0.4 is 5.32 Å². The molecule has 0 saturated carbocycles. The molecule has 1 atom stereocenters. The molecule has 0 aliphatic rings. The Morgan fingerprint density at radius 2 is 1.93 bits per heavy atom. The summed E-state index contributed by atoms with van der Waals surface area (Å²) in [5.41, 5.74) is 0. The van der Waals surface area contributed by atoms with E-state index in [1.54, 1.807) is 0 Å². The maximum absolute atomic E-state index is 8.63. The van der Waals surface area contributed by atoms with Crippen molar-refractivity contribution in [3.05, 3.63) is 0 Å². The van der Waals surface area contributed by atoms with Crippen LogP contribution in [0.1, 0.15) is 33.6 Å². The molecule has 0 rings (SSSR count). The molecule has 0 saturated heterocycles. The number of aliphatic hydroxyl groups is 1. The predicted octanol–water partition coefficient (Wildman–Crippen LogP) is 1.08. The van der Waals surface area contributed by atoms with Crippen molar-refractivity contribution in [2.45, 2.75) is 39.7 Å². The third-order valence-electron chi connectivity index (χ3n) is 2.61. The molecule has 0 aromatic rings. The van der Waals surface area contributed by atoms with Gasteiger partial charge in [-0.15, -0.1) is 0 Å². The Morgan fingerprint density at radius 1 is 1.29 bits per heavy atom. The van der Waals surface area contributed by atoms with Crippen LogP contribution in [0.5, 0.6) is 0 Å². The molecule has 0 aromatic heterocycles. The van der Waals surface area contributed by atoms with E-state index in [1.165, 1.54) is 19.4 Å². The van der Waals surface area contributed by atoms with Gasteiger partial charge in [-0.1, -0.05) is 13.8 Å². The molecule has 0 spiro atoms. The van der Waals surface area contributed by atoms with Crippen LogP contribution in [0.15, 0.2) is 0 Å². The minimum absolute atomic E-state index is 0.236. The highest BCUT2D eigenvalue weighted by Gasteiger charge is 2.02. The zero-order valence-corrected chi connectivity index (χ0v) is 9.92. The van der Waals surface area contributed by atoms with Crippen molar-refractivity contribution in [3.63, 3.8) is 0 Å². The lowest BCUT2D eigenvalue weighted by atomic mass is 10.2. The average Bonchev–Trinajstić information content (AvgIpc) is 2.21. The summed E-state index contributed by atoms with van der Waals surface area (Å²) in [4.78, 5) is 2.44. The highest BCUT2D eigenvalue weighted by Crippen LogP contribution is 1.99. The van der Waals surface area contributed by atoms with Crippen molar-refractivity contribution in [2.24, 2.45) is 0 Å². The van der Waals surface area contributed by atoms with E-state index < -0.39 is 0 Å². The second kappa shape index (κ2) is 9.44. The van der Waals surface area contributed by atoms with Gasteiger partial charge in [-0.2, -0.15) is 0 Å². The number of hydrogen-bond donors (Lipinski definition) is 2. The first kappa shape index (κ1) is 13.9. The first-order chi connectivity index (χ1) is 6.74. The van der Waals surface area contributed by atoms with Gasteiger partial charge < -0.3 is 15.3 Å². The standard InChI is InChI=1S/C11H26N2O/c1-4-13(5-2)9-6-7-11(3)12-8-10-14/h11-12,14H,4-10H2,1-3H3. The summed E-state index contributed by atoms with van der Waals surface area (Å²) in [5, 5.41) is 11.9. The SMILES string of the molecule is CCN(CC)CCCC(C)NCCO. The van der Waals surface area contributed by atoms with Crippen molar-refractivity contribution < 1.29 is 5.11 Å². The number of hydrogen-bond acceptors (Lipinski definition) is 3. The number of aliphatic hydroxyl groups excluding tert-OH is 1. The van der Waals surface area contributed by atoms with Gasteiger partial charge in [-0.25, -0.2) is 0 Å². The Labute approximate surface area is 88.5 Å². The molecule has 0 bridgehead atoms. The molecule has 3 nitrogen and oxygen atoms in total. The fraction of sp³-hybridized carbons (Fsp3) is 1.00. The fourth-order valence-electron chi connectivity index (χ4n) is 1.57. The van der Waals surface area contributed by atoms with Crippen molar-refractivity contribution in [1.29, 1.82) is 0 Å². The van der Waals surface area contributed by atoms with Gasteiger partial charge in [0, 0.05) is 12.6 Å². The van der Waals surface area contributed by atoms with Crippen LogP contribution in [-0.4, -0.2) is 48.8 Å². The molecule has 1 unspecified atom stereocenters. The molecule has 2 N–H and O–H groups in total. The van der Waals surface area contributed by atoms with Crippen molar-refractivity contribution >= 4 is 0 Å². The summed E-state index contributed by atoms with van der Waals surface area (Å²) in [6.07, 6.45) is 2.43. The minimum Gasteiger partial charge on any atom is -0.395 e. The molecular weight excluding hydrogens is 176 g/mol. The van der Waals surface area contributed by atoms with Gasteiger partial charge in [-0.3, -0.25) is 0 Å². The summed E-state index contributed by atoms with van der Waals surface area (Å²) in [6.45, 7) is 11.0. The van der Waals surface area contributed by atoms with Crippen LogP contribution in [0.25, 0.3) is 0 Å². The molecule has 0 amide bonds. The maximum atomic E-state index is 8.63. The number of rotatable bonds is 9. The van der Waals surface area contributed by atoms with Gasteiger partial charge in [-0.05, 0) is 39.4 Å². The molecule has 0 aromatic carbocycles. The molecule has 0 fully saturated rings. The van der Waals surface area contributed by atoms with Gasteiger partial charge in [0.05, 0.1) is 6.61 Å². The lowest BCUT2D eigenvalue weighted by Gasteiger charge is -2.19. The molecule has 0 heterocycles. The molecule has 0 aliphatic heterocycles. The van der Waals surface area contributed by atoms with Crippen LogP contribution in [-0.2, 0) is 0 Å². The highest BCUT2D eigenvalue weighted by atomic mass is 16.3. The molecule has 0 radical (unpaired) electrons. The Bertz CT molecular complexity index is 116. The predicted molar refractivity (Wildman–Crippen MR) is 61.6 cm³/mol. The highest BCUT2D eigenvalue weighted by molar-refractivity contribution is 4.62. The van der Waals surface area contributed by atoms with Crippen LogP contribution in [0.4, 0.5) is 0 Å². The van der Waals surface area contributed by atoms with E-state index in [2.05, 4.69) is 31.0 Å². The largest absolute Gasteiger partial charge is 0.395 e. The second-order valence-electron chi connectivity index (χ2n) is 3.75. The van der Waals surface area contributed by atoms with Gasteiger partial charge >= 0.3 is 0 Å². The zero-order chi connectivity index (χ0) is 10.8. The van der Waals surface area contributed by atoms with E-state index in [-0.39, 0.29) is 6.61 Å². The molecule has 86 valence electrons. The second-order valence-corrected chi connectivity index (χ2v) is 3.75. The minimum atomic E-state index is 0.236. The van der Waals surface area contributed by atoms with Crippen molar-refractivity contribution in [3.8, 4) is 0 Å². The first-order valence-corrected chi connectivity index (χ1v) is 5.81.